The SMILES string of the molecule is C=C(CN(C)C)C(=O)Nc1cccc(Nc2cc(Nc3ccc(F)c(Cl)c3)ncn2)c1.C=C(CN1CCOCC1)C(=O)Nc1cccc(Nc2cc(Nc3ccc(F)c(Cl)c3)ncn2)c1.O=C(/C=C/CN1CCCC1)Nc1cccc(Nc2cc(Nc3ccc(F)c(Cl)c3)ncn2)c1.O=C(/C=C/CN1CCCCC1)Nc1cccc(Nc2cc(Nc3ccc(F)c(Cl)c3)ncn2)c1. The van der Waals surface area contributed by atoms with Gasteiger partial charge < -0.3 is 73.4 Å². The number of amides is 4. The van der Waals surface area contributed by atoms with Crippen molar-refractivity contribution in [2.24, 2.45) is 0 Å². The van der Waals surface area contributed by atoms with Crippen LogP contribution in [-0.2, 0) is 23.9 Å². The van der Waals surface area contributed by atoms with Crippen molar-refractivity contribution < 1.29 is 41.5 Å². The van der Waals surface area contributed by atoms with Gasteiger partial charge >= 0.3 is 0 Å². The molecule has 4 amide bonds. The molecule has 3 aliphatic heterocycles. The first-order chi connectivity index (χ1) is 63.8. The maximum Gasteiger partial charge on any atom is 0.252 e. The molecule has 7 heterocycles. The minimum absolute atomic E-state index is 0.0175. The van der Waals surface area contributed by atoms with Gasteiger partial charge in [0.25, 0.3) is 11.8 Å². The molecule has 3 saturated heterocycles. The first kappa shape index (κ1) is 97.1. The number of anilines is 20. The predicted octanol–water partition coefficient (Wildman–Crippen LogP) is 20.5. The van der Waals surface area contributed by atoms with Crippen LogP contribution in [0.4, 0.5) is 132 Å². The molecule has 0 saturated carbocycles. The molecule has 0 aliphatic carbocycles. The Balaban J connectivity index is 0.000000159. The van der Waals surface area contributed by atoms with E-state index in [4.69, 9.17) is 51.1 Å². The van der Waals surface area contributed by atoms with Gasteiger partial charge in [-0.15, -0.1) is 0 Å². The molecule has 37 heteroatoms. The van der Waals surface area contributed by atoms with Gasteiger partial charge in [0, 0.05) is 155 Å². The quantitative estimate of drug-likeness (QED) is 0.0138. The van der Waals surface area contributed by atoms with Gasteiger partial charge in [0.1, 0.15) is 95.1 Å². The largest absolute Gasteiger partial charge is 0.379 e. The van der Waals surface area contributed by atoms with Gasteiger partial charge in [-0.1, -0.05) is 102 Å². The van der Waals surface area contributed by atoms with E-state index < -0.39 is 23.3 Å². The smallest absolute Gasteiger partial charge is 0.252 e. The molecule has 3 fully saturated rings. The van der Waals surface area contributed by atoms with Gasteiger partial charge in [0.05, 0.1) is 33.3 Å². The van der Waals surface area contributed by atoms with E-state index >= 15 is 0 Å². The van der Waals surface area contributed by atoms with E-state index in [1.807, 2.05) is 104 Å². The number of piperidine rings is 1. The lowest BCUT2D eigenvalue weighted by Gasteiger charge is -2.26. The summed E-state index contributed by atoms with van der Waals surface area (Å²) in [6.45, 7) is 17.6. The highest BCUT2D eigenvalue weighted by atomic mass is 35.5. The number of benzene rings is 8. The summed E-state index contributed by atoms with van der Waals surface area (Å²) in [5.41, 5.74) is 8.93. The van der Waals surface area contributed by atoms with Crippen LogP contribution < -0.4 is 63.8 Å². The number of likely N-dealkylation sites (N-methyl/N-ethyl adjacent to an activating group) is 1. The molecule has 12 N–H and O–H groups in total. The van der Waals surface area contributed by atoms with E-state index in [0.717, 1.165) is 75.1 Å². The molecule has 3 aliphatic rings. The topological polar surface area (TPSA) is 338 Å². The molecule has 15 rings (SSSR count). The van der Waals surface area contributed by atoms with Gasteiger partial charge in [0.2, 0.25) is 11.8 Å². The Kier molecular flexibility index (Phi) is 36.5. The number of morpholine rings is 1. The number of likely N-dealkylation sites (tertiary alicyclic amines) is 2. The number of aromatic nitrogens is 8. The first-order valence-corrected chi connectivity index (χ1v) is 43.4. The van der Waals surface area contributed by atoms with Gasteiger partial charge in [0.15, 0.2) is 0 Å². The Morgan fingerprint density at radius 1 is 0.348 bits per heavy atom. The lowest BCUT2D eigenvalue weighted by atomic mass is 10.1. The van der Waals surface area contributed by atoms with Crippen LogP contribution in [0.25, 0.3) is 0 Å². The van der Waals surface area contributed by atoms with E-state index in [-0.39, 0.29) is 43.7 Å². The van der Waals surface area contributed by atoms with Crippen molar-refractivity contribution in [3.05, 3.63) is 311 Å². The highest BCUT2D eigenvalue weighted by Crippen LogP contribution is 2.32. The fourth-order valence-corrected chi connectivity index (χ4v) is 14.0. The van der Waals surface area contributed by atoms with Crippen LogP contribution in [0.15, 0.2) is 268 Å². The second kappa shape index (κ2) is 49.7. The molecule has 682 valence electrons. The minimum atomic E-state index is -0.492. The molecule has 0 spiro atoms. The van der Waals surface area contributed by atoms with Crippen molar-refractivity contribution in [2.75, 3.05) is 157 Å². The summed E-state index contributed by atoms with van der Waals surface area (Å²) in [6.07, 6.45) is 18.8. The Labute approximate surface area is 781 Å². The van der Waals surface area contributed by atoms with Crippen LogP contribution in [-0.4, -0.2) is 176 Å². The second-order valence-corrected chi connectivity index (χ2v) is 32.0. The molecular weight excluding hydrogens is 1780 g/mol. The van der Waals surface area contributed by atoms with Crippen LogP contribution in [0.3, 0.4) is 0 Å². The van der Waals surface area contributed by atoms with Crippen LogP contribution in [0.1, 0.15) is 32.1 Å². The van der Waals surface area contributed by atoms with E-state index in [1.165, 1.54) is 106 Å². The van der Waals surface area contributed by atoms with Gasteiger partial charge in [-0.25, -0.2) is 57.4 Å². The predicted molar refractivity (Wildman–Crippen MR) is 519 cm³/mol. The highest BCUT2D eigenvalue weighted by Gasteiger charge is 2.19. The van der Waals surface area contributed by atoms with Crippen molar-refractivity contribution in [1.82, 2.24) is 59.5 Å². The number of halogens is 8. The third-order valence-corrected chi connectivity index (χ3v) is 20.8. The number of hydrogen-bond donors (Lipinski definition) is 12. The fourth-order valence-electron chi connectivity index (χ4n) is 13.2. The third-order valence-electron chi connectivity index (χ3n) is 19.6. The molecule has 132 heavy (non-hydrogen) atoms. The summed E-state index contributed by atoms with van der Waals surface area (Å²) in [5.74, 6) is 1.46. The minimum Gasteiger partial charge on any atom is -0.379 e. The molecule has 29 nitrogen and oxygen atoms in total. The monoisotopic (exact) mass is 1870 g/mol. The van der Waals surface area contributed by atoms with E-state index in [0.29, 0.717) is 129 Å². The van der Waals surface area contributed by atoms with E-state index in [9.17, 15) is 36.7 Å². The zero-order chi connectivity index (χ0) is 93.1. The number of nitrogens with zero attached hydrogens (tertiary/aromatic N) is 12. The van der Waals surface area contributed by atoms with Crippen LogP contribution >= 0.6 is 46.4 Å². The van der Waals surface area contributed by atoms with Gasteiger partial charge in [-0.05, 0) is 212 Å². The number of rotatable bonds is 32. The Morgan fingerprint density at radius 3 is 0.902 bits per heavy atom. The van der Waals surface area contributed by atoms with Crippen molar-refractivity contribution in [2.45, 2.75) is 32.1 Å². The number of hydrogen-bond acceptors (Lipinski definition) is 25. The van der Waals surface area contributed by atoms with Crippen LogP contribution in [0, 0.1) is 23.3 Å². The summed E-state index contributed by atoms with van der Waals surface area (Å²) in [6, 6.07) is 53.4. The van der Waals surface area contributed by atoms with E-state index in [2.05, 4.69) is 132 Å². The molecular formula is C95H96Cl4F4N24O5. The Hall–Kier alpha value is -14.0. The Morgan fingerprint density at radius 2 is 0.614 bits per heavy atom. The Bertz CT molecular complexity index is 6050. The third kappa shape index (κ3) is 32.6. The molecule has 4 aromatic heterocycles. The van der Waals surface area contributed by atoms with Crippen molar-refractivity contribution in [3.8, 4) is 0 Å². The molecule has 8 aromatic carbocycles. The average molecular weight is 1870 g/mol. The number of carbonyl (C=O) groups excluding carboxylic acids is 4. The molecule has 0 bridgehead atoms. The normalized spacial score (nSPS) is 13.2. The van der Waals surface area contributed by atoms with Gasteiger partial charge in [-0.3, -0.25) is 33.9 Å². The first-order valence-electron chi connectivity index (χ1n) is 41.8. The second-order valence-electron chi connectivity index (χ2n) is 30.4. The van der Waals surface area contributed by atoms with Gasteiger partial charge in [-0.2, -0.15) is 0 Å². The van der Waals surface area contributed by atoms with E-state index in [1.54, 1.807) is 84.9 Å². The number of nitrogens with one attached hydrogen (secondary N) is 12. The summed E-state index contributed by atoms with van der Waals surface area (Å²) in [5, 5.41) is 36.6. The van der Waals surface area contributed by atoms with Crippen molar-refractivity contribution in [3.63, 3.8) is 0 Å². The zero-order valence-corrected chi connectivity index (χ0v) is 75.0. The van der Waals surface area contributed by atoms with Crippen LogP contribution in [0.2, 0.25) is 20.1 Å². The number of carbonyl (C=O) groups is 4. The van der Waals surface area contributed by atoms with Crippen molar-refractivity contribution >= 4 is 185 Å². The lowest BCUT2D eigenvalue weighted by molar-refractivity contribution is -0.113. The highest BCUT2D eigenvalue weighted by molar-refractivity contribution is 6.32. The fraction of sp³-hybridized carbons (Fsp3) is 0.200. The maximum absolute atomic E-state index is 13.4. The summed E-state index contributed by atoms with van der Waals surface area (Å²) < 4.78 is 58.8. The summed E-state index contributed by atoms with van der Waals surface area (Å²) in [7, 11) is 3.75. The van der Waals surface area contributed by atoms with Crippen molar-refractivity contribution in [1.29, 1.82) is 0 Å². The maximum atomic E-state index is 13.4. The molecule has 0 unspecified atom stereocenters. The zero-order valence-electron chi connectivity index (χ0n) is 72.0. The van der Waals surface area contributed by atoms with Crippen LogP contribution in [0.5, 0.6) is 0 Å². The number of ether oxygens (including phenoxy) is 1. The molecule has 0 atom stereocenters. The standard InChI is InChI=1S/C25H26ClFN6O.C24H24ClFN6O2.C24H24ClFN6O.C22H22ClFN6O/c26-21-15-20(9-10-22(21)27)31-24-16-23(28-17-29-24)30-18-6-4-7-19(14-18)32-25(34)8-5-13-33-11-2-1-3-12-33;1-16(14-32-7-9-34-10-8-32)24(33)31-18-4-2-3-17(11-18)29-22-13-23(28-15-27-22)30-19-5-6-21(26)20(25)12-19;25-20-14-19(8-9-21(20)26)30-23-15-22(27-16-28-23)29-17-5-3-6-18(13-17)31-24(33)7-4-12-32-10-1-2-11-32;1-14(12-30(2)3)22(31)29-16-6-4-5-15(9-16)27-20-11-21(26-13-25-20)28-17-7-8-19(24)18(23)10-17/h4-10,14-17H,1-3,11-13H2,(H,32,34)(H2,28,29,30,31);2-6,11-13,15H,1,7-10,14H2,(H,31,33)(H2,27,28,29,30);3-9,13-16H,1-2,10-12H2,(H,31,33)(H2,27,28,29,30);4-11,13H,1,12H2,2-3H3,(H,29,31)(H2,25,26,27,28)/b8-5+;;7-4+;. The molecule has 0 radical (unpaired) electrons. The lowest BCUT2D eigenvalue weighted by Crippen LogP contribution is -2.38. The average Bonchev–Trinajstić information content (AvgIpc) is 0.883. The molecule has 12 aromatic rings. The summed E-state index contributed by atoms with van der Waals surface area (Å²) >= 11 is 23.3. The summed E-state index contributed by atoms with van der Waals surface area (Å²) in [4.78, 5) is 91.6.